The van der Waals surface area contributed by atoms with Crippen molar-refractivity contribution in [3.8, 4) is 11.3 Å². The van der Waals surface area contributed by atoms with E-state index >= 15 is 0 Å². The highest BCUT2D eigenvalue weighted by Gasteiger charge is 2.28. The van der Waals surface area contributed by atoms with Crippen LogP contribution in [0.3, 0.4) is 0 Å². The lowest BCUT2D eigenvalue weighted by atomic mass is 10.2. The number of hydrogen-bond acceptors (Lipinski definition) is 2. The van der Waals surface area contributed by atoms with E-state index in [1.165, 1.54) is 0 Å². The van der Waals surface area contributed by atoms with Gasteiger partial charge in [0, 0.05) is 0 Å². The fraction of sp³-hybridized carbons (Fsp3) is 0.333. The average molecular weight is 249 g/mol. The largest absolute Gasteiger partial charge is 0.435 e. The second kappa shape index (κ2) is 4.33. The first kappa shape index (κ1) is 11.9. The third-order valence-corrected chi connectivity index (χ3v) is 3.66. The summed E-state index contributed by atoms with van der Waals surface area (Å²) in [4.78, 5) is 11.7. The molecule has 90 valence electrons. The molecule has 0 saturated carbocycles. The quantitative estimate of drug-likeness (QED) is 0.666. The molecule has 0 amide bonds. The first-order chi connectivity index (χ1) is 7.97. The van der Waals surface area contributed by atoms with Gasteiger partial charge in [0.25, 0.3) is 0 Å². The molecular weight excluding hydrogens is 232 g/mol. The normalized spacial score (nSPS) is 11.7. The van der Waals surface area contributed by atoms with Crippen LogP contribution in [-0.4, -0.2) is 13.3 Å². The number of nitrogens with one attached hydrogen (secondary N) is 1. The summed E-state index contributed by atoms with van der Waals surface area (Å²) in [6.45, 7) is 6.75. The SMILES string of the molecule is C[Si](C)(C)C[n+]1[nH]oc(=O)c1-c1ccccc1. The maximum absolute atomic E-state index is 11.7. The molecule has 0 atom stereocenters. The second-order valence-corrected chi connectivity index (χ2v) is 10.8. The van der Waals surface area contributed by atoms with Crippen LogP contribution in [0.2, 0.25) is 19.6 Å². The molecule has 2 aromatic rings. The van der Waals surface area contributed by atoms with Crippen molar-refractivity contribution in [2.24, 2.45) is 0 Å². The highest BCUT2D eigenvalue weighted by atomic mass is 28.3. The topological polar surface area (TPSA) is 49.9 Å². The highest BCUT2D eigenvalue weighted by molar-refractivity contribution is 6.74. The third-order valence-electron chi connectivity index (χ3n) is 2.39. The van der Waals surface area contributed by atoms with E-state index in [2.05, 4.69) is 24.9 Å². The zero-order valence-corrected chi connectivity index (χ0v) is 11.4. The highest BCUT2D eigenvalue weighted by Crippen LogP contribution is 2.11. The Hall–Kier alpha value is -1.62. The van der Waals surface area contributed by atoms with Crippen molar-refractivity contribution < 1.29 is 9.20 Å². The summed E-state index contributed by atoms with van der Waals surface area (Å²) in [5, 5.41) is 2.69. The zero-order chi connectivity index (χ0) is 12.5. The van der Waals surface area contributed by atoms with Crippen LogP contribution in [0.5, 0.6) is 0 Å². The van der Waals surface area contributed by atoms with Crippen LogP contribution in [0.1, 0.15) is 0 Å². The Morgan fingerprint density at radius 1 is 1.24 bits per heavy atom. The molecule has 0 aliphatic rings. The molecule has 2 rings (SSSR count). The fourth-order valence-electron chi connectivity index (χ4n) is 1.76. The molecule has 0 aliphatic heterocycles. The van der Waals surface area contributed by atoms with Gasteiger partial charge in [-0.25, -0.2) is 4.79 Å². The minimum Gasteiger partial charge on any atom is -0.283 e. The molecule has 0 fully saturated rings. The van der Waals surface area contributed by atoms with E-state index in [0.29, 0.717) is 5.69 Å². The van der Waals surface area contributed by atoms with E-state index in [9.17, 15) is 4.79 Å². The smallest absolute Gasteiger partial charge is 0.283 e. The van der Waals surface area contributed by atoms with Gasteiger partial charge in [-0.1, -0.05) is 42.5 Å². The predicted octanol–water partition coefficient (Wildman–Crippen LogP) is 1.80. The monoisotopic (exact) mass is 249 g/mol. The number of rotatable bonds is 3. The number of aromatic nitrogens is 2. The molecule has 0 saturated heterocycles. The summed E-state index contributed by atoms with van der Waals surface area (Å²) in [6.07, 6.45) is 0.836. The van der Waals surface area contributed by atoms with Crippen LogP contribution in [0, 0.1) is 0 Å². The van der Waals surface area contributed by atoms with E-state index < -0.39 is 8.07 Å². The van der Waals surface area contributed by atoms with Gasteiger partial charge in [-0.05, 0) is 17.4 Å². The number of aromatic amines is 1. The molecule has 1 aromatic heterocycles. The van der Waals surface area contributed by atoms with Gasteiger partial charge < -0.3 is 0 Å². The van der Waals surface area contributed by atoms with E-state index in [4.69, 9.17) is 4.52 Å². The Balaban J connectivity index is 2.48. The van der Waals surface area contributed by atoms with Crippen molar-refractivity contribution >= 4 is 8.07 Å². The number of benzene rings is 1. The Morgan fingerprint density at radius 3 is 2.47 bits per heavy atom. The Bertz CT molecular complexity index is 552. The molecule has 0 spiro atoms. The average Bonchev–Trinajstić information content (AvgIpc) is 2.58. The number of hydrogen-bond donors (Lipinski definition) is 1. The zero-order valence-electron chi connectivity index (χ0n) is 10.4. The summed E-state index contributed by atoms with van der Waals surface area (Å²) < 4.78 is 6.72. The van der Waals surface area contributed by atoms with Crippen molar-refractivity contribution in [2.45, 2.75) is 25.8 Å². The van der Waals surface area contributed by atoms with Crippen molar-refractivity contribution in [3.63, 3.8) is 0 Å². The van der Waals surface area contributed by atoms with E-state index in [1.807, 2.05) is 35.0 Å². The van der Waals surface area contributed by atoms with Gasteiger partial charge in [0.2, 0.25) is 0 Å². The van der Waals surface area contributed by atoms with Gasteiger partial charge in [0.1, 0.15) is 8.07 Å². The molecular formula is C12H17N2O2Si+. The molecule has 1 heterocycles. The Kier molecular flexibility index (Phi) is 3.02. The molecule has 4 nitrogen and oxygen atoms in total. The van der Waals surface area contributed by atoms with Crippen LogP contribution in [0.25, 0.3) is 11.3 Å². The summed E-state index contributed by atoms with van der Waals surface area (Å²) in [5.41, 5.74) is 1.18. The molecule has 17 heavy (non-hydrogen) atoms. The molecule has 1 aromatic carbocycles. The van der Waals surface area contributed by atoms with Gasteiger partial charge in [-0.3, -0.25) is 4.52 Å². The van der Waals surface area contributed by atoms with Gasteiger partial charge >= 0.3 is 11.3 Å². The van der Waals surface area contributed by atoms with Crippen LogP contribution in [0.4, 0.5) is 0 Å². The first-order valence-electron chi connectivity index (χ1n) is 5.64. The molecule has 0 aliphatic carbocycles. The fourth-order valence-corrected chi connectivity index (χ4v) is 2.93. The van der Waals surface area contributed by atoms with E-state index in [-0.39, 0.29) is 5.63 Å². The van der Waals surface area contributed by atoms with Crippen molar-refractivity contribution in [1.82, 2.24) is 5.27 Å². The molecule has 5 heteroatoms. The molecule has 1 N–H and O–H groups in total. The Morgan fingerprint density at radius 2 is 1.88 bits per heavy atom. The minimum absolute atomic E-state index is 0.311. The number of H-pyrrole nitrogens is 1. The summed E-state index contributed by atoms with van der Waals surface area (Å²) in [5.74, 6) is 0. The van der Waals surface area contributed by atoms with Crippen molar-refractivity contribution in [1.29, 1.82) is 0 Å². The van der Waals surface area contributed by atoms with Gasteiger partial charge in [0.15, 0.2) is 6.17 Å². The second-order valence-electron chi connectivity index (χ2n) is 5.34. The van der Waals surface area contributed by atoms with Crippen LogP contribution < -0.4 is 10.3 Å². The minimum atomic E-state index is -1.32. The van der Waals surface area contributed by atoms with Crippen LogP contribution >= 0.6 is 0 Å². The van der Waals surface area contributed by atoms with Crippen molar-refractivity contribution in [3.05, 3.63) is 40.8 Å². The molecule has 0 radical (unpaired) electrons. The molecule has 0 bridgehead atoms. The lowest BCUT2D eigenvalue weighted by molar-refractivity contribution is -0.738. The Labute approximate surface area is 101 Å². The van der Waals surface area contributed by atoms with E-state index in [0.717, 1.165) is 11.7 Å². The lowest BCUT2D eigenvalue weighted by Crippen LogP contribution is -2.49. The van der Waals surface area contributed by atoms with Crippen LogP contribution in [0.15, 0.2) is 39.6 Å². The maximum atomic E-state index is 11.7. The van der Waals surface area contributed by atoms with Gasteiger partial charge in [-0.15, -0.1) is 0 Å². The van der Waals surface area contributed by atoms with Gasteiger partial charge in [-0.2, -0.15) is 0 Å². The van der Waals surface area contributed by atoms with E-state index in [1.54, 1.807) is 0 Å². The lowest BCUT2D eigenvalue weighted by Gasteiger charge is -2.08. The number of nitrogens with zero attached hydrogens (tertiary/aromatic N) is 1. The summed E-state index contributed by atoms with van der Waals surface area (Å²) in [6, 6.07) is 9.60. The van der Waals surface area contributed by atoms with Gasteiger partial charge in [0.05, 0.1) is 5.56 Å². The standard InChI is InChI=1S/C12H16N2O2Si/c1-17(2,3)9-14-11(12(15)16-13-14)10-7-5-4-6-8-10/h4-8H,9H2,1-3H3/p+1. The summed E-state index contributed by atoms with van der Waals surface area (Å²) >= 11 is 0. The van der Waals surface area contributed by atoms with Crippen LogP contribution in [-0.2, 0) is 6.17 Å². The predicted molar refractivity (Wildman–Crippen MR) is 68.3 cm³/mol. The third kappa shape index (κ3) is 2.74. The first-order valence-corrected chi connectivity index (χ1v) is 9.35. The summed E-state index contributed by atoms with van der Waals surface area (Å²) in [7, 11) is -1.32. The molecule has 0 unspecified atom stereocenters. The maximum Gasteiger partial charge on any atom is 0.435 e. The van der Waals surface area contributed by atoms with Crippen molar-refractivity contribution in [2.75, 3.05) is 0 Å².